The Bertz CT molecular complexity index is 158. The first-order valence-corrected chi connectivity index (χ1v) is 5.31. The third-order valence-corrected chi connectivity index (χ3v) is 2.94. The maximum atomic E-state index is 11.7. The molecule has 0 heterocycles. The molecule has 1 rings (SSSR count). The van der Waals surface area contributed by atoms with Gasteiger partial charge in [-0.3, -0.25) is 0 Å². The van der Waals surface area contributed by atoms with Gasteiger partial charge in [0.1, 0.15) is 0 Å². The van der Waals surface area contributed by atoms with Gasteiger partial charge < -0.3 is 5.32 Å². The van der Waals surface area contributed by atoms with Crippen LogP contribution in [0.3, 0.4) is 0 Å². The standard InChI is InChI=1S/C8H14F3NS/c1-7(2-3-7)6-12-4-5-13-8(9,10)11/h12H,2-6H2,1H3. The van der Waals surface area contributed by atoms with Crippen molar-refractivity contribution in [2.45, 2.75) is 25.3 Å². The molecule has 0 saturated heterocycles. The molecule has 1 aliphatic rings. The molecule has 0 aromatic rings. The van der Waals surface area contributed by atoms with Gasteiger partial charge in [0.15, 0.2) is 0 Å². The molecule has 0 bridgehead atoms. The summed E-state index contributed by atoms with van der Waals surface area (Å²) >= 11 is 0.0421. The van der Waals surface area contributed by atoms with Crippen LogP contribution in [0.25, 0.3) is 0 Å². The first-order chi connectivity index (χ1) is 5.91. The van der Waals surface area contributed by atoms with Crippen molar-refractivity contribution < 1.29 is 13.2 Å². The molecule has 0 spiro atoms. The fourth-order valence-electron chi connectivity index (χ4n) is 1.02. The molecule has 1 N–H and O–H groups in total. The Morgan fingerprint density at radius 1 is 1.38 bits per heavy atom. The van der Waals surface area contributed by atoms with Crippen LogP contribution in [-0.4, -0.2) is 24.4 Å². The molecule has 1 aliphatic carbocycles. The Hall–Kier alpha value is 0.100. The smallest absolute Gasteiger partial charge is 0.315 e. The number of rotatable bonds is 5. The minimum absolute atomic E-state index is 0.0421. The van der Waals surface area contributed by atoms with Crippen LogP contribution in [0.1, 0.15) is 19.8 Å². The number of thioether (sulfide) groups is 1. The van der Waals surface area contributed by atoms with Crippen molar-refractivity contribution in [2.75, 3.05) is 18.8 Å². The van der Waals surface area contributed by atoms with E-state index in [1.807, 2.05) is 0 Å². The first kappa shape index (κ1) is 11.2. The van der Waals surface area contributed by atoms with E-state index in [-0.39, 0.29) is 17.5 Å². The lowest BCUT2D eigenvalue weighted by molar-refractivity contribution is -0.0327. The highest BCUT2D eigenvalue weighted by molar-refractivity contribution is 8.00. The van der Waals surface area contributed by atoms with Crippen molar-refractivity contribution >= 4 is 11.8 Å². The van der Waals surface area contributed by atoms with Gasteiger partial charge in [-0.15, -0.1) is 0 Å². The normalized spacial score (nSPS) is 20.3. The Balaban J connectivity index is 1.90. The molecule has 0 unspecified atom stereocenters. The second kappa shape index (κ2) is 4.09. The SMILES string of the molecule is CC1(CNCCSC(F)(F)F)CC1. The van der Waals surface area contributed by atoms with Crippen molar-refractivity contribution in [3.63, 3.8) is 0 Å². The third kappa shape index (κ3) is 5.41. The molecule has 0 aliphatic heterocycles. The lowest BCUT2D eigenvalue weighted by atomic mass is 10.1. The van der Waals surface area contributed by atoms with Gasteiger partial charge in [-0.25, -0.2) is 0 Å². The van der Waals surface area contributed by atoms with Crippen LogP contribution in [0, 0.1) is 5.41 Å². The van der Waals surface area contributed by atoms with Crippen molar-refractivity contribution in [2.24, 2.45) is 5.41 Å². The summed E-state index contributed by atoms with van der Waals surface area (Å²) in [6.07, 6.45) is 2.40. The summed E-state index contributed by atoms with van der Waals surface area (Å²) in [5.41, 5.74) is -3.70. The van der Waals surface area contributed by atoms with Crippen LogP contribution in [0.2, 0.25) is 0 Å². The quantitative estimate of drug-likeness (QED) is 0.704. The number of hydrogen-bond acceptors (Lipinski definition) is 2. The van der Waals surface area contributed by atoms with E-state index in [0.717, 1.165) is 6.54 Å². The van der Waals surface area contributed by atoms with Crippen molar-refractivity contribution in [1.82, 2.24) is 5.32 Å². The zero-order valence-corrected chi connectivity index (χ0v) is 8.39. The van der Waals surface area contributed by atoms with Crippen molar-refractivity contribution in [3.05, 3.63) is 0 Å². The monoisotopic (exact) mass is 213 g/mol. The van der Waals surface area contributed by atoms with E-state index in [4.69, 9.17) is 0 Å². The van der Waals surface area contributed by atoms with E-state index < -0.39 is 5.51 Å². The van der Waals surface area contributed by atoms with Crippen LogP contribution in [-0.2, 0) is 0 Å². The van der Waals surface area contributed by atoms with Gasteiger partial charge in [0.2, 0.25) is 0 Å². The number of hydrogen-bond donors (Lipinski definition) is 1. The lowest BCUT2D eigenvalue weighted by Crippen LogP contribution is -2.25. The first-order valence-electron chi connectivity index (χ1n) is 4.33. The predicted molar refractivity (Wildman–Crippen MR) is 48.7 cm³/mol. The van der Waals surface area contributed by atoms with Crippen LogP contribution in [0.5, 0.6) is 0 Å². The van der Waals surface area contributed by atoms with Crippen molar-refractivity contribution in [3.8, 4) is 0 Å². The summed E-state index contributed by atoms with van der Waals surface area (Å²) < 4.78 is 35.0. The largest absolute Gasteiger partial charge is 0.441 e. The van der Waals surface area contributed by atoms with E-state index in [0.29, 0.717) is 12.0 Å². The lowest BCUT2D eigenvalue weighted by Gasteiger charge is -2.10. The van der Waals surface area contributed by atoms with E-state index in [1.165, 1.54) is 12.8 Å². The van der Waals surface area contributed by atoms with E-state index in [1.54, 1.807) is 0 Å². The van der Waals surface area contributed by atoms with E-state index >= 15 is 0 Å². The summed E-state index contributed by atoms with van der Waals surface area (Å²) in [4.78, 5) is 0. The maximum absolute atomic E-state index is 11.7. The van der Waals surface area contributed by atoms with Gasteiger partial charge in [-0.05, 0) is 30.0 Å². The molecule has 13 heavy (non-hydrogen) atoms. The molecular weight excluding hydrogens is 199 g/mol. The van der Waals surface area contributed by atoms with Gasteiger partial charge in [0, 0.05) is 18.8 Å². The molecule has 1 nitrogen and oxygen atoms in total. The second-order valence-corrected chi connectivity index (χ2v) is 4.94. The second-order valence-electron chi connectivity index (χ2n) is 3.78. The molecule has 78 valence electrons. The summed E-state index contributed by atoms with van der Waals surface area (Å²) in [5.74, 6) is 0.111. The third-order valence-electron chi connectivity index (χ3n) is 2.20. The summed E-state index contributed by atoms with van der Waals surface area (Å²) in [6.45, 7) is 3.45. The molecule has 0 aromatic heterocycles. The zero-order valence-electron chi connectivity index (χ0n) is 7.58. The van der Waals surface area contributed by atoms with Gasteiger partial charge in [-0.2, -0.15) is 13.2 Å². The van der Waals surface area contributed by atoms with Crippen LogP contribution >= 0.6 is 11.8 Å². The molecule has 1 fully saturated rings. The van der Waals surface area contributed by atoms with E-state index in [9.17, 15) is 13.2 Å². The minimum Gasteiger partial charge on any atom is -0.315 e. The van der Waals surface area contributed by atoms with Gasteiger partial charge >= 0.3 is 5.51 Å². The molecular formula is C8H14F3NS. The molecule has 0 radical (unpaired) electrons. The van der Waals surface area contributed by atoms with Crippen molar-refractivity contribution in [1.29, 1.82) is 0 Å². The topological polar surface area (TPSA) is 12.0 Å². The fraction of sp³-hybridized carbons (Fsp3) is 1.00. The molecule has 0 aromatic carbocycles. The van der Waals surface area contributed by atoms with Gasteiger partial charge in [0.05, 0.1) is 0 Å². The molecule has 0 amide bonds. The fourth-order valence-corrected chi connectivity index (χ4v) is 1.50. The highest BCUT2D eigenvalue weighted by Gasteiger charge is 2.36. The summed E-state index contributed by atoms with van der Waals surface area (Å²) in [5, 5.41) is 3.04. The Morgan fingerprint density at radius 2 is 2.00 bits per heavy atom. The molecule has 0 atom stereocenters. The van der Waals surface area contributed by atoms with Crippen LogP contribution in [0.4, 0.5) is 13.2 Å². The van der Waals surface area contributed by atoms with Gasteiger partial charge in [-0.1, -0.05) is 6.92 Å². The van der Waals surface area contributed by atoms with Crippen LogP contribution in [0.15, 0.2) is 0 Å². The van der Waals surface area contributed by atoms with Crippen LogP contribution < -0.4 is 5.32 Å². The molecule has 5 heteroatoms. The minimum atomic E-state index is -4.08. The number of halogens is 3. The predicted octanol–water partition coefficient (Wildman–Crippen LogP) is 2.63. The Labute approximate surface area is 80.5 Å². The summed E-state index contributed by atoms with van der Waals surface area (Å²) in [6, 6.07) is 0. The highest BCUT2D eigenvalue weighted by Crippen LogP contribution is 2.44. The Kier molecular flexibility index (Phi) is 3.51. The number of nitrogens with one attached hydrogen (secondary N) is 1. The summed E-state index contributed by atoms with van der Waals surface area (Å²) in [7, 11) is 0. The Morgan fingerprint density at radius 3 is 2.46 bits per heavy atom. The van der Waals surface area contributed by atoms with Gasteiger partial charge in [0.25, 0.3) is 0 Å². The number of alkyl halides is 3. The zero-order chi connectivity index (χ0) is 9.95. The average Bonchev–Trinajstić information content (AvgIpc) is 2.65. The average molecular weight is 213 g/mol. The molecule has 1 saturated carbocycles. The highest BCUT2D eigenvalue weighted by atomic mass is 32.2. The maximum Gasteiger partial charge on any atom is 0.441 e. The van der Waals surface area contributed by atoms with E-state index in [2.05, 4.69) is 12.2 Å².